The lowest BCUT2D eigenvalue weighted by atomic mass is 9.90. The van der Waals surface area contributed by atoms with Gasteiger partial charge in [0.15, 0.2) is 0 Å². The van der Waals surface area contributed by atoms with E-state index in [-0.39, 0.29) is 0 Å². The summed E-state index contributed by atoms with van der Waals surface area (Å²) in [6.45, 7) is 8.93. The van der Waals surface area contributed by atoms with Gasteiger partial charge in [-0.3, -0.25) is 4.90 Å². The number of likely N-dealkylation sites (N-methyl/N-ethyl adjacent to an activating group) is 1. The van der Waals surface area contributed by atoms with Gasteiger partial charge >= 0.3 is 6.09 Å². The number of rotatable bonds is 4. The average Bonchev–Trinajstić information content (AvgIpc) is 2.43. The molecule has 0 aliphatic heterocycles. The fraction of sp³-hybridized carbons (Fsp3) is 0.529. The van der Waals surface area contributed by atoms with Crippen LogP contribution in [0.4, 0.5) is 4.79 Å². The second kappa shape index (κ2) is 6.38. The standard InChI is InChI=1S/C17H25NO4/c1-12-8-9-14(21-7)13(10-12)17(5,11-19)18(6)15(20)22-16(2,3)4/h8-11H,1-7H3. The number of carbonyl (C=O) groups excluding carboxylic acids is 2. The van der Waals surface area contributed by atoms with E-state index >= 15 is 0 Å². The number of aryl methyl sites for hydroxylation is 1. The van der Waals surface area contributed by atoms with Gasteiger partial charge in [0.1, 0.15) is 23.2 Å². The van der Waals surface area contributed by atoms with Gasteiger partial charge in [-0.2, -0.15) is 0 Å². The third-order valence-corrected chi connectivity index (χ3v) is 3.49. The number of carbonyl (C=O) groups is 2. The second-order valence-corrected chi connectivity index (χ2v) is 6.51. The van der Waals surface area contributed by atoms with E-state index in [0.717, 1.165) is 11.8 Å². The van der Waals surface area contributed by atoms with Crippen LogP contribution < -0.4 is 4.74 Å². The van der Waals surface area contributed by atoms with Crippen molar-refractivity contribution in [2.45, 2.75) is 45.8 Å². The SMILES string of the molecule is COc1ccc(C)cc1C(C)(C=O)N(C)C(=O)OC(C)(C)C. The maximum Gasteiger partial charge on any atom is 0.411 e. The molecule has 0 aliphatic rings. The van der Waals surface area contributed by atoms with Crippen molar-refractivity contribution >= 4 is 12.4 Å². The van der Waals surface area contributed by atoms with Crippen molar-refractivity contribution in [3.8, 4) is 5.75 Å². The Bertz CT molecular complexity index is 562. The van der Waals surface area contributed by atoms with Crippen LogP contribution in [0.25, 0.3) is 0 Å². The van der Waals surface area contributed by atoms with Crippen LogP contribution >= 0.6 is 0 Å². The topological polar surface area (TPSA) is 55.8 Å². The monoisotopic (exact) mass is 307 g/mol. The Labute approximate surface area is 132 Å². The number of nitrogens with zero attached hydrogens (tertiary/aromatic N) is 1. The van der Waals surface area contributed by atoms with Crippen LogP contribution in [0.1, 0.15) is 38.8 Å². The van der Waals surface area contributed by atoms with Crippen molar-refractivity contribution in [3.63, 3.8) is 0 Å². The molecule has 1 aromatic rings. The molecular weight excluding hydrogens is 282 g/mol. The smallest absolute Gasteiger partial charge is 0.411 e. The molecule has 1 rings (SSSR count). The van der Waals surface area contributed by atoms with Crippen molar-refractivity contribution in [2.75, 3.05) is 14.2 Å². The third-order valence-electron chi connectivity index (χ3n) is 3.49. The predicted molar refractivity (Wildman–Crippen MR) is 85.1 cm³/mol. The van der Waals surface area contributed by atoms with Gasteiger partial charge in [-0.15, -0.1) is 0 Å². The minimum Gasteiger partial charge on any atom is -0.496 e. The van der Waals surface area contributed by atoms with Crippen LogP contribution in [0.2, 0.25) is 0 Å². The Morgan fingerprint density at radius 3 is 2.27 bits per heavy atom. The fourth-order valence-electron chi connectivity index (χ4n) is 2.06. The van der Waals surface area contributed by atoms with E-state index in [0.29, 0.717) is 11.3 Å². The largest absolute Gasteiger partial charge is 0.496 e. The average molecular weight is 307 g/mol. The first-order valence-electron chi connectivity index (χ1n) is 7.13. The summed E-state index contributed by atoms with van der Waals surface area (Å²) in [5.74, 6) is 0.551. The summed E-state index contributed by atoms with van der Waals surface area (Å²) in [7, 11) is 3.08. The molecule has 0 heterocycles. The fourth-order valence-corrected chi connectivity index (χ4v) is 2.06. The molecule has 1 aromatic carbocycles. The molecule has 22 heavy (non-hydrogen) atoms. The Morgan fingerprint density at radius 1 is 1.23 bits per heavy atom. The molecule has 122 valence electrons. The molecule has 0 radical (unpaired) electrons. The van der Waals surface area contributed by atoms with Crippen molar-refractivity contribution in [3.05, 3.63) is 29.3 Å². The number of hydrogen-bond acceptors (Lipinski definition) is 4. The molecule has 5 heteroatoms. The highest BCUT2D eigenvalue weighted by Gasteiger charge is 2.38. The van der Waals surface area contributed by atoms with Crippen LogP contribution in [0.5, 0.6) is 5.75 Å². The van der Waals surface area contributed by atoms with Gasteiger partial charge in [-0.1, -0.05) is 11.6 Å². The van der Waals surface area contributed by atoms with Gasteiger partial charge in [0.05, 0.1) is 7.11 Å². The first-order valence-corrected chi connectivity index (χ1v) is 7.13. The second-order valence-electron chi connectivity index (χ2n) is 6.51. The van der Waals surface area contributed by atoms with E-state index in [4.69, 9.17) is 9.47 Å². The zero-order chi connectivity index (χ0) is 17.1. The Morgan fingerprint density at radius 2 is 1.82 bits per heavy atom. The molecule has 0 bridgehead atoms. The van der Waals surface area contributed by atoms with Crippen LogP contribution in [0.15, 0.2) is 18.2 Å². The minimum absolute atomic E-state index is 0.551. The highest BCUT2D eigenvalue weighted by molar-refractivity contribution is 5.79. The van der Waals surface area contributed by atoms with E-state index in [1.54, 1.807) is 40.8 Å². The minimum atomic E-state index is -1.18. The summed E-state index contributed by atoms with van der Waals surface area (Å²) in [5.41, 5.74) is -0.217. The van der Waals surface area contributed by atoms with Crippen LogP contribution in [0, 0.1) is 6.92 Å². The normalized spacial score (nSPS) is 14.0. The molecule has 1 unspecified atom stereocenters. The molecule has 0 saturated heterocycles. The van der Waals surface area contributed by atoms with Crippen molar-refractivity contribution < 1.29 is 19.1 Å². The summed E-state index contributed by atoms with van der Waals surface area (Å²) in [5, 5.41) is 0. The third kappa shape index (κ3) is 3.78. The molecule has 0 aromatic heterocycles. The van der Waals surface area contributed by atoms with Crippen LogP contribution in [-0.2, 0) is 15.1 Å². The molecule has 1 atom stereocenters. The van der Waals surface area contributed by atoms with Gasteiger partial charge in [-0.25, -0.2) is 4.79 Å². The maximum atomic E-state index is 12.3. The van der Waals surface area contributed by atoms with E-state index in [9.17, 15) is 9.59 Å². The molecule has 0 fully saturated rings. The summed E-state index contributed by atoms with van der Waals surface area (Å²) in [6, 6.07) is 5.52. The molecule has 1 amide bonds. The molecule has 5 nitrogen and oxygen atoms in total. The predicted octanol–water partition coefficient (Wildman–Crippen LogP) is 3.28. The Hall–Kier alpha value is -2.04. The van der Waals surface area contributed by atoms with Gasteiger partial charge in [0.25, 0.3) is 0 Å². The van der Waals surface area contributed by atoms with E-state index < -0.39 is 17.2 Å². The zero-order valence-electron chi connectivity index (χ0n) is 14.4. The van der Waals surface area contributed by atoms with Crippen molar-refractivity contribution in [1.29, 1.82) is 0 Å². The summed E-state index contributed by atoms with van der Waals surface area (Å²) in [4.78, 5) is 25.4. The van der Waals surface area contributed by atoms with Gasteiger partial charge in [0.2, 0.25) is 0 Å². The van der Waals surface area contributed by atoms with E-state index in [1.165, 1.54) is 12.0 Å². The van der Waals surface area contributed by atoms with Crippen molar-refractivity contribution in [2.24, 2.45) is 0 Å². The summed E-state index contributed by atoms with van der Waals surface area (Å²) >= 11 is 0. The van der Waals surface area contributed by atoms with Gasteiger partial charge in [-0.05, 0) is 46.8 Å². The Kier molecular flexibility index (Phi) is 5.22. The van der Waals surface area contributed by atoms with E-state index in [2.05, 4.69) is 0 Å². The summed E-state index contributed by atoms with van der Waals surface area (Å²) < 4.78 is 10.7. The molecule has 0 saturated carbocycles. The lowest BCUT2D eigenvalue weighted by molar-refractivity contribution is -0.117. The molecule has 0 spiro atoms. The number of amides is 1. The molecule has 0 aliphatic carbocycles. The lowest BCUT2D eigenvalue weighted by Crippen LogP contribution is -2.48. The van der Waals surface area contributed by atoms with Crippen molar-refractivity contribution in [1.82, 2.24) is 4.90 Å². The zero-order valence-corrected chi connectivity index (χ0v) is 14.4. The highest BCUT2D eigenvalue weighted by atomic mass is 16.6. The number of aldehydes is 1. The quantitative estimate of drug-likeness (QED) is 0.801. The van der Waals surface area contributed by atoms with Gasteiger partial charge < -0.3 is 14.3 Å². The summed E-state index contributed by atoms with van der Waals surface area (Å²) in [6.07, 6.45) is 0.166. The first-order chi connectivity index (χ1) is 10.0. The van der Waals surface area contributed by atoms with Crippen LogP contribution in [-0.4, -0.2) is 37.0 Å². The maximum absolute atomic E-state index is 12.3. The highest BCUT2D eigenvalue weighted by Crippen LogP contribution is 2.34. The molecule has 0 N–H and O–H groups in total. The number of benzene rings is 1. The first kappa shape index (κ1) is 18.0. The number of methoxy groups -OCH3 is 1. The lowest BCUT2D eigenvalue weighted by Gasteiger charge is -2.36. The van der Waals surface area contributed by atoms with Gasteiger partial charge in [0, 0.05) is 12.6 Å². The van der Waals surface area contributed by atoms with Crippen LogP contribution in [0.3, 0.4) is 0 Å². The Balaban J connectivity index is 3.29. The number of ether oxygens (including phenoxy) is 2. The van der Waals surface area contributed by atoms with E-state index in [1.807, 2.05) is 19.1 Å². The molecular formula is C17H25NO4. The number of hydrogen-bond donors (Lipinski definition) is 0.